The lowest BCUT2D eigenvalue weighted by atomic mass is 10.1. The Labute approximate surface area is 160 Å². The van der Waals surface area contributed by atoms with Crippen LogP contribution in [-0.2, 0) is 6.54 Å². The van der Waals surface area contributed by atoms with Crippen molar-refractivity contribution in [3.05, 3.63) is 69.8 Å². The van der Waals surface area contributed by atoms with Gasteiger partial charge in [-0.3, -0.25) is 14.9 Å². The standard InChI is InChI=1S/C19H18N4O3S/c1-3-22-18(15-8-10-16(11-9-15)23(25)26)20-21-19(22)27-12-17(24)14-6-4-13(2)5-7-14/h4-11H,3,12H2,1-2H3. The SMILES string of the molecule is CCn1c(SCC(=O)c2ccc(C)cc2)nnc1-c1ccc([N+](=O)[O-])cc1. The second-order valence-corrected chi connectivity index (χ2v) is 6.87. The quantitative estimate of drug-likeness (QED) is 0.264. The Hall–Kier alpha value is -3.00. The Bertz CT molecular complexity index is 966. The average molecular weight is 382 g/mol. The zero-order valence-electron chi connectivity index (χ0n) is 15.0. The molecular weight excluding hydrogens is 364 g/mol. The summed E-state index contributed by atoms with van der Waals surface area (Å²) < 4.78 is 1.90. The fraction of sp³-hybridized carbons (Fsp3) is 0.211. The first kappa shape index (κ1) is 18.8. The van der Waals surface area contributed by atoms with E-state index in [-0.39, 0.29) is 17.2 Å². The van der Waals surface area contributed by atoms with Crippen LogP contribution in [0.1, 0.15) is 22.8 Å². The molecule has 0 saturated heterocycles. The molecule has 0 unspecified atom stereocenters. The highest BCUT2D eigenvalue weighted by atomic mass is 32.2. The van der Waals surface area contributed by atoms with Gasteiger partial charge in [-0.05, 0) is 26.0 Å². The lowest BCUT2D eigenvalue weighted by molar-refractivity contribution is -0.384. The summed E-state index contributed by atoms with van der Waals surface area (Å²) in [6.07, 6.45) is 0. The number of ketones is 1. The molecule has 0 aliphatic carbocycles. The van der Waals surface area contributed by atoms with Crippen LogP contribution in [0.15, 0.2) is 53.7 Å². The fourth-order valence-corrected chi connectivity index (χ4v) is 3.48. The Morgan fingerprint density at radius 2 is 1.78 bits per heavy atom. The van der Waals surface area contributed by atoms with Gasteiger partial charge in [0.15, 0.2) is 16.8 Å². The number of nitro groups is 1. The molecule has 0 N–H and O–H groups in total. The minimum absolute atomic E-state index is 0.0274. The Morgan fingerprint density at radius 3 is 2.37 bits per heavy atom. The number of aromatic nitrogens is 3. The van der Waals surface area contributed by atoms with Gasteiger partial charge in [0.25, 0.3) is 5.69 Å². The van der Waals surface area contributed by atoms with Crippen molar-refractivity contribution in [2.24, 2.45) is 0 Å². The molecule has 0 fully saturated rings. The summed E-state index contributed by atoms with van der Waals surface area (Å²) in [5.74, 6) is 0.918. The Morgan fingerprint density at radius 1 is 1.11 bits per heavy atom. The van der Waals surface area contributed by atoms with Crippen LogP contribution in [0.25, 0.3) is 11.4 Å². The van der Waals surface area contributed by atoms with Crippen LogP contribution in [0, 0.1) is 17.0 Å². The van der Waals surface area contributed by atoms with Gasteiger partial charge in [-0.15, -0.1) is 10.2 Å². The lowest BCUT2D eigenvalue weighted by Gasteiger charge is -2.07. The van der Waals surface area contributed by atoms with Gasteiger partial charge >= 0.3 is 0 Å². The van der Waals surface area contributed by atoms with E-state index in [0.717, 1.165) is 11.1 Å². The van der Waals surface area contributed by atoms with Gasteiger partial charge in [0.1, 0.15) is 0 Å². The second-order valence-electron chi connectivity index (χ2n) is 5.93. The summed E-state index contributed by atoms with van der Waals surface area (Å²) in [7, 11) is 0. The third kappa shape index (κ3) is 4.22. The van der Waals surface area contributed by atoms with Gasteiger partial charge in [-0.25, -0.2) is 0 Å². The zero-order chi connectivity index (χ0) is 19.4. The maximum absolute atomic E-state index is 12.4. The van der Waals surface area contributed by atoms with E-state index < -0.39 is 4.92 Å². The van der Waals surface area contributed by atoms with Crippen molar-refractivity contribution in [3.8, 4) is 11.4 Å². The van der Waals surface area contributed by atoms with Crippen molar-refractivity contribution in [1.29, 1.82) is 0 Å². The predicted molar refractivity (Wildman–Crippen MR) is 104 cm³/mol. The third-order valence-electron chi connectivity index (χ3n) is 4.08. The highest BCUT2D eigenvalue weighted by Crippen LogP contribution is 2.26. The van der Waals surface area contributed by atoms with Crippen LogP contribution < -0.4 is 0 Å². The van der Waals surface area contributed by atoms with Crippen LogP contribution in [-0.4, -0.2) is 31.2 Å². The van der Waals surface area contributed by atoms with Gasteiger partial charge < -0.3 is 4.57 Å². The van der Waals surface area contributed by atoms with Gasteiger partial charge in [-0.1, -0.05) is 41.6 Å². The molecule has 0 spiro atoms. The molecule has 1 heterocycles. The largest absolute Gasteiger partial charge is 0.302 e. The number of carbonyl (C=O) groups is 1. The summed E-state index contributed by atoms with van der Waals surface area (Å²) in [6.45, 7) is 4.57. The normalized spacial score (nSPS) is 10.7. The van der Waals surface area contributed by atoms with E-state index in [1.165, 1.54) is 23.9 Å². The van der Waals surface area contributed by atoms with Crippen LogP contribution in [0.2, 0.25) is 0 Å². The molecule has 0 aliphatic rings. The summed E-state index contributed by atoms with van der Waals surface area (Å²) in [4.78, 5) is 22.7. The predicted octanol–water partition coefficient (Wildman–Crippen LogP) is 4.16. The number of carbonyl (C=O) groups excluding carboxylic acids is 1. The van der Waals surface area contributed by atoms with Gasteiger partial charge in [0.05, 0.1) is 10.7 Å². The van der Waals surface area contributed by atoms with Crippen molar-refractivity contribution in [3.63, 3.8) is 0 Å². The number of nitro benzene ring substituents is 1. The number of aryl methyl sites for hydroxylation is 1. The first-order valence-electron chi connectivity index (χ1n) is 8.40. The van der Waals surface area contributed by atoms with Gasteiger partial charge in [0.2, 0.25) is 0 Å². The number of rotatable bonds is 7. The maximum Gasteiger partial charge on any atom is 0.269 e. The van der Waals surface area contributed by atoms with E-state index in [1.807, 2.05) is 42.7 Å². The van der Waals surface area contributed by atoms with E-state index in [1.54, 1.807) is 12.1 Å². The lowest BCUT2D eigenvalue weighted by Crippen LogP contribution is -2.05. The number of hydrogen-bond acceptors (Lipinski definition) is 6. The van der Waals surface area contributed by atoms with Gasteiger partial charge in [0, 0.05) is 29.8 Å². The summed E-state index contributed by atoms with van der Waals surface area (Å²) in [6, 6.07) is 13.7. The van der Waals surface area contributed by atoms with E-state index >= 15 is 0 Å². The summed E-state index contributed by atoms with van der Waals surface area (Å²) in [5.41, 5.74) is 2.55. The number of benzene rings is 2. The van der Waals surface area contributed by atoms with Crippen molar-refractivity contribution in [2.75, 3.05) is 5.75 Å². The topological polar surface area (TPSA) is 90.9 Å². The minimum atomic E-state index is -0.438. The second kappa shape index (κ2) is 8.13. The van der Waals surface area contributed by atoms with E-state index in [4.69, 9.17) is 0 Å². The maximum atomic E-state index is 12.4. The highest BCUT2D eigenvalue weighted by molar-refractivity contribution is 7.99. The fourth-order valence-electron chi connectivity index (χ4n) is 2.58. The number of nitrogens with zero attached hydrogens (tertiary/aromatic N) is 4. The molecule has 138 valence electrons. The van der Waals surface area contributed by atoms with Crippen molar-refractivity contribution >= 4 is 23.2 Å². The van der Waals surface area contributed by atoms with Crippen LogP contribution in [0.3, 0.4) is 0 Å². The summed E-state index contributed by atoms with van der Waals surface area (Å²) >= 11 is 1.33. The molecule has 0 saturated carbocycles. The third-order valence-corrected chi connectivity index (χ3v) is 5.04. The number of thioether (sulfide) groups is 1. The molecule has 27 heavy (non-hydrogen) atoms. The molecule has 0 aliphatic heterocycles. The first-order chi connectivity index (χ1) is 13.0. The summed E-state index contributed by atoms with van der Waals surface area (Å²) in [5, 5.41) is 19.8. The molecular formula is C19H18N4O3S. The van der Waals surface area contributed by atoms with Crippen LogP contribution >= 0.6 is 11.8 Å². The van der Waals surface area contributed by atoms with E-state index in [9.17, 15) is 14.9 Å². The Kier molecular flexibility index (Phi) is 5.66. The minimum Gasteiger partial charge on any atom is -0.302 e. The first-order valence-corrected chi connectivity index (χ1v) is 9.39. The molecule has 7 nitrogen and oxygen atoms in total. The molecule has 3 aromatic rings. The van der Waals surface area contributed by atoms with Gasteiger partial charge in [-0.2, -0.15) is 0 Å². The number of hydrogen-bond donors (Lipinski definition) is 0. The van der Waals surface area contributed by atoms with Crippen molar-refractivity contribution in [2.45, 2.75) is 25.5 Å². The number of non-ortho nitro benzene ring substituents is 1. The molecule has 0 amide bonds. The smallest absolute Gasteiger partial charge is 0.269 e. The average Bonchev–Trinajstić information content (AvgIpc) is 3.09. The van der Waals surface area contributed by atoms with E-state index in [2.05, 4.69) is 10.2 Å². The zero-order valence-corrected chi connectivity index (χ0v) is 15.8. The molecule has 1 aromatic heterocycles. The molecule has 0 bridgehead atoms. The van der Waals surface area contributed by atoms with Crippen LogP contribution in [0.4, 0.5) is 5.69 Å². The molecule has 2 aromatic carbocycles. The number of Topliss-reactive ketones (excluding diaryl/α,β-unsaturated/α-hetero) is 1. The molecule has 0 atom stereocenters. The van der Waals surface area contributed by atoms with E-state index in [0.29, 0.717) is 23.1 Å². The van der Waals surface area contributed by atoms with Crippen molar-refractivity contribution < 1.29 is 9.72 Å². The Balaban J connectivity index is 1.76. The monoisotopic (exact) mass is 382 g/mol. The van der Waals surface area contributed by atoms with Crippen LogP contribution in [0.5, 0.6) is 0 Å². The molecule has 3 rings (SSSR count). The highest BCUT2D eigenvalue weighted by Gasteiger charge is 2.16. The van der Waals surface area contributed by atoms with Crippen molar-refractivity contribution in [1.82, 2.24) is 14.8 Å². The molecule has 8 heteroatoms. The molecule has 0 radical (unpaired) electrons.